The van der Waals surface area contributed by atoms with Crippen LogP contribution in [-0.2, 0) is 18.8 Å². The summed E-state index contributed by atoms with van der Waals surface area (Å²) < 4.78 is 0. The summed E-state index contributed by atoms with van der Waals surface area (Å²) in [5.74, 6) is 0.758. The second kappa shape index (κ2) is 10.0. The minimum Gasteiger partial charge on any atom is -0.330 e. The van der Waals surface area contributed by atoms with Crippen LogP contribution in [0.5, 0.6) is 0 Å². The van der Waals surface area contributed by atoms with Gasteiger partial charge in [0.25, 0.3) is 5.91 Å². The first kappa shape index (κ1) is 20.8. The minimum absolute atomic E-state index is 0.00143. The predicted octanol–water partition coefficient (Wildman–Crippen LogP) is 4.64. The number of pyridine rings is 1. The standard InChI is InChI=1S/C24H23N5OS/c1-18-5-2-3-7-22(18)15-29(14-20-6-4-12-25-13-20)23(30)21-10-8-19(9-11-21)16-31-24-26-17-27-28-24/h2-13,17H,14-16H2,1H3,(H,26,27,28). The number of nitrogens with zero attached hydrogens (tertiary/aromatic N) is 4. The molecule has 0 radical (unpaired) electrons. The van der Waals surface area contributed by atoms with Gasteiger partial charge in [-0.25, -0.2) is 4.98 Å². The van der Waals surface area contributed by atoms with Crippen molar-refractivity contribution in [3.63, 3.8) is 0 Å². The molecular weight excluding hydrogens is 406 g/mol. The van der Waals surface area contributed by atoms with Crippen LogP contribution in [0.3, 0.4) is 0 Å². The molecule has 0 aliphatic carbocycles. The maximum absolute atomic E-state index is 13.4. The Labute approximate surface area is 185 Å². The second-order valence-electron chi connectivity index (χ2n) is 7.23. The first-order chi connectivity index (χ1) is 15.2. The van der Waals surface area contributed by atoms with E-state index in [1.807, 2.05) is 59.6 Å². The molecule has 0 bridgehead atoms. The summed E-state index contributed by atoms with van der Waals surface area (Å²) in [7, 11) is 0. The molecule has 0 saturated carbocycles. The van der Waals surface area contributed by atoms with Crippen LogP contribution >= 0.6 is 11.8 Å². The molecular formula is C24H23N5OS. The molecule has 1 amide bonds. The van der Waals surface area contributed by atoms with Gasteiger partial charge in [0.05, 0.1) is 0 Å². The zero-order valence-corrected chi connectivity index (χ0v) is 18.0. The SMILES string of the molecule is Cc1ccccc1CN(Cc1cccnc1)C(=O)c1ccc(CSc2ncn[nH]2)cc1. The topological polar surface area (TPSA) is 74.8 Å². The molecule has 0 unspecified atom stereocenters. The third-order valence-corrected chi connectivity index (χ3v) is 5.92. The maximum Gasteiger partial charge on any atom is 0.254 e. The fourth-order valence-corrected chi connectivity index (χ4v) is 3.98. The zero-order chi connectivity index (χ0) is 21.5. The highest BCUT2D eigenvalue weighted by Crippen LogP contribution is 2.20. The summed E-state index contributed by atoms with van der Waals surface area (Å²) in [6.07, 6.45) is 5.05. The molecule has 7 heteroatoms. The van der Waals surface area contributed by atoms with Crippen LogP contribution in [0.25, 0.3) is 0 Å². The Morgan fingerprint density at radius 3 is 2.55 bits per heavy atom. The van der Waals surface area contributed by atoms with Crippen molar-refractivity contribution < 1.29 is 4.79 Å². The van der Waals surface area contributed by atoms with E-state index in [4.69, 9.17) is 0 Å². The van der Waals surface area contributed by atoms with Crippen molar-refractivity contribution in [2.24, 2.45) is 0 Å². The molecule has 4 rings (SSSR count). The number of rotatable bonds is 8. The largest absolute Gasteiger partial charge is 0.330 e. The fourth-order valence-electron chi connectivity index (χ4n) is 3.25. The van der Waals surface area contributed by atoms with Gasteiger partial charge in [-0.3, -0.25) is 14.9 Å². The van der Waals surface area contributed by atoms with Gasteiger partial charge in [-0.15, -0.1) is 0 Å². The molecule has 2 aromatic carbocycles. The lowest BCUT2D eigenvalue weighted by Gasteiger charge is -2.24. The summed E-state index contributed by atoms with van der Waals surface area (Å²) in [6.45, 7) is 3.12. The Bertz CT molecular complexity index is 1110. The summed E-state index contributed by atoms with van der Waals surface area (Å²) in [6, 6.07) is 19.8. The molecule has 0 aliphatic heterocycles. The van der Waals surface area contributed by atoms with Gasteiger partial charge in [0.15, 0.2) is 5.16 Å². The Hall–Kier alpha value is -3.45. The number of aromatic amines is 1. The number of nitrogens with one attached hydrogen (secondary N) is 1. The van der Waals surface area contributed by atoms with Crippen molar-refractivity contribution in [2.45, 2.75) is 30.9 Å². The highest BCUT2D eigenvalue weighted by molar-refractivity contribution is 7.98. The van der Waals surface area contributed by atoms with Crippen molar-refractivity contribution in [3.8, 4) is 0 Å². The quantitative estimate of drug-likeness (QED) is 0.413. The number of thioether (sulfide) groups is 1. The number of aromatic nitrogens is 4. The molecule has 2 heterocycles. The molecule has 6 nitrogen and oxygen atoms in total. The average Bonchev–Trinajstić information content (AvgIpc) is 3.33. The van der Waals surface area contributed by atoms with Crippen molar-refractivity contribution in [3.05, 3.63) is 107 Å². The van der Waals surface area contributed by atoms with Gasteiger partial charge in [-0.05, 0) is 47.4 Å². The molecule has 31 heavy (non-hydrogen) atoms. The molecule has 2 aromatic heterocycles. The first-order valence-corrected chi connectivity index (χ1v) is 11.0. The lowest BCUT2D eigenvalue weighted by Crippen LogP contribution is -2.30. The monoisotopic (exact) mass is 429 g/mol. The van der Waals surface area contributed by atoms with Crippen LogP contribution in [0.1, 0.15) is 32.6 Å². The molecule has 0 saturated heterocycles. The van der Waals surface area contributed by atoms with Crippen molar-refractivity contribution >= 4 is 17.7 Å². The number of aryl methyl sites for hydroxylation is 1. The smallest absolute Gasteiger partial charge is 0.254 e. The van der Waals surface area contributed by atoms with Crippen LogP contribution < -0.4 is 0 Å². The lowest BCUT2D eigenvalue weighted by atomic mass is 10.1. The van der Waals surface area contributed by atoms with Crippen LogP contribution in [0.4, 0.5) is 0 Å². The Morgan fingerprint density at radius 1 is 1.00 bits per heavy atom. The Kier molecular flexibility index (Phi) is 6.74. The lowest BCUT2D eigenvalue weighted by molar-refractivity contribution is 0.0729. The van der Waals surface area contributed by atoms with Gasteiger partial charge in [-0.1, -0.05) is 54.2 Å². The maximum atomic E-state index is 13.4. The number of benzene rings is 2. The fraction of sp³-hybridized carbons (Fsp3) is 0.167. The van der Waals surface area contributed by atoms with Crippen molar-refractivity contribution in [1.29, 1.82) is 0 Å². The number of carbonyl (C=O) groups excluding carboxylic acids is 1. The van der Waals surface area contributed by atoms with Crippen molar-refractivity contribution in [1.82, 2.24) is 25.1 Å². The predicted molar refractivity (Wildman–Crippen MR) is 121 cm³/mol. The van der Waals surface area contributed by atoms with E-state index in [9.17, 15) is 4.79 Å². The number of hydrogen-bond donors (Lipinski definition) is 1. The van der Waals surface area contributed by atoms with Gasteiger partial charge in [-0.2, -0.15) is 5.10 Å². The summed E-state index contributed by atoms with van der Waals surface area (Å²) in [5.41, 5.74) is 5.11. The first-order valence-electron chi connectivity index (χ1n) is 9.99. The highest BCUT2D eigenvalue weighted by Gasteiger charge is 2.18. The number of carbonyl (C=O) groups is 1. The van der Waals surface area contributed by atoms with Crippen LogP contribution in [0, 0.1) is 6.92 Å². The van der Waals surface area contributed by atoms with E-state index in [-0.39, 0.29) is 5.91 Å². The van der Waals surface area contributed by atoms with Gasteiger partial charge >= 0.3 is 0 Å². The Morgan fingerprint density at radius 2 is 1.84 bits per heavy atom. The van der Waals surface area contributed by atoms with Crippen molar-refractivity contribution in [2.75, 3.05) is 0 Å². The van der Waals surface area contributed by atoms with E-state index in [0.29, 0.717) is 18.7 Å². The van der Waals surface area contributed by atoms with Gasteiger partial charge in [0, 0.05) is 36.8 Å². The van der Waals surface area contributed by atoms with E-state index in [0.717, 1.165) is 27.6 Å². The van der Waals surface area contributed by atoms with Gasteiger partial charge in [0.2, 0.25) is 0 Å². The molecule has 1 N–H and O–H groups in total. The van der Waals surface area contributed by atoms with E-state index in [2.05, 4.69) is 39.2 Å². The normalized spacial score (nSPS) is 10.7. The summed E-state index contributed by atoms with van der Waals surface area (Å²) in [5, 5.41) is 7.47. The number of hydrogen-bond acceptors (Lipinski definition) is 5. The molecule has 0 atom stereocenters. The van der Waals surface area contributed by atoms with E-state index < -0.39 is 0 Å². The average molecular weight is 430 g/mol. The highest BCUT2D eigenvalue weighted by atomic mass is 32.2. The summed E-state index contributed by atoms with van der Waals surface area (Å²) >= 11 is 1.57. The number of H-pyrrole nitrogens is 1. The number of amides is 1. The minimum atomic E-state index is 0.00143. The van der Waals surface area contributed by atoms with E-state index in [1.54, 1.807) is 18.0 Å². The van der Waals surface area contributed by atoms with Gasteiger partial charge in [0.1, 0.15) is 6.33 Å². The third-order valence-electron chi connectivity index (χ3n) is 4.98. The zero-order valence-electron chi connectivity index (χ0n) is 17.2. The second-order valence-corrected chi connectivity index (χ2v) is 8.19. The Balaban J connectivity index is 1.51. The molecule has 156 valence electrons. The molecule has 0 aliphatic rings. The van der Waals surface area contributed by atoms with Crippen LogP contribution in [0.15, 0.2) is 84.5 Å². The van der Waals surface area contributed by atoms with E-state index >= 15 is 0 Å². The third kappa shape index (κ3) is 5.58. The summed E-state index contributed by atoms with van der Waals surface area (Å²) in [4.78, 5) is 23.6. The van der Waals surface area contributed by atoms with Crippen LogP contribution in [0.2, 0.25) is 0 Å². The molecule has 0 spiro atoms. The van der Waals surface area contributed by atoms with E-state index in [1.165, 1.54) is 11.9 Å². The molecule has 4 aromatic rings. The van der Waals surface area contributed by atoms with Crippen LogP contribution in [-0.4, -0.2) is 31.0 Å². The molecule has 0 fully saturated rings. The van der Waals surface area contributed by atoms with Gasteiger partial charge < -0.3 is 4.90 Å².